The number of hydrogen-bond acceptors (Lipinski definition) is 2. The summed E-state index contributed by atoms with van der Waals surface area (Å²) < 4.78 is 14.5. The minimum absolute atomic E-state index is 0. The lowest BCUT2D eigenvalue weighted by Crippen LogP contribution is -2.40. The number of guanidine groups is 1. The average molecular weight is 486 g/mol. The van der Waals surface area contributed by atoms with Gasteiger partial charge in [0.05, 0.1) is 6.10 Å². The third kappa shape index (κ3) is 5.66. The van der Waals surface area contributed by atoms with E-state index in [0.29, 0.717) is 25.1 Å². The molecule has 4 nitrogen and oxygen atoms in total. The highest BCUT2D eigenvalue weighted by Crippen LogP contribution is 2.16. The molecule has 0 spiro atoms. The molecule has 7 heteroatoms. The summed E-state index contributed by atoms with van der Waals surface area (Å²) in [7, 11) is 0. The second-order valence-corrected chi connectivity index (χ2v) is 6.03. The maximum absolute atomic E-state index is 13.7. The van der Waals surface area contributed by atoms with E-state index in [1.54, 1.807) is 12.1 Å². The van der Waals surface area contributed by atoms with Crippen LogP contribution >= 0.6 is 39.9 Å². The normalized spacial score (nSPS) is 18.3. The molecule has 1 saturated heterocycles. The van der Waals surface area contributed by atoms with E-state index in [0.717, 1.165) is 29.9 Å². The van der Waals surface area contributed by atoms with Crippen molar-refractivity contribution in [3.05, 3.63) is 34.1 Å². The smallest absolute Gasteiger partial charge is 0.194 e. The van der Waals surface area contributed by atoms with Gasteiger partial charge in [-0.25, -0.2) is 4.39 Å². The first-order valence-electron chi connectivity index (χ1n) is 7.25. The monoisotopic (exact) mass is 485 g/mol. The standard InChI is InChI=1S/C15H21BrFN3O.HI/c1-2-18-15(20-8-6-13(21)10-20)19-7-5-11-9-12(16)3-4-14(11)17;/h3-4,9,13,21H,2,5-8,10H2,1H3,(H,18,19);1H/t13-;/m1./s1. The Morgan fingerprint density at radius 3 is 2.95 bits per heavy atom. The molecule has 124 valence electrons. The first-order valence-corrected chi connectivity index (χ1v) is 8.04. The van der Waals surface area contributed by atoms with Gasteiger partial charge in [0.15, 0.2) is 5.96 Å². The minimum atomic E-state index is -0.281. The lowest BCUT2D eigenvalue weighted by Gasteiger charge is -2.20. The van der Waals surface area contributed by atoms with Crippen LogP contribution in [-0.4, -0.2) is 48.2 Å². The van der Waals surface area contributed by atoms with Gasteiger partial charge in [-0.2, -0.15) is 0 Å². The summed E-state index contributed by atoms with van der Waals surface area (Å²) >= 11 is 3.35. The SMILES string of the molecule is CCNC(=NCCc1cc(Br)ccc1F)N1CC[C@@H](O)C1.I. The van der Waals surface area contributed by atoms with Crippen LogP contribution in [0.2, 0.25) is 0 Å². The van der Waals surface area contributed by atoms with Gasteiger partial charge in [0.1, 0.15) is 5.82 Å². The second kappa shape index (κ2) is 9.67. The fourth-order valence-corrected chi connectivity index (χ4v) is 2.79. The number of benzene rings is 1. The van der Waals surface area contributed by atoms with Crippen LogP contribution in [-0.2, 0) is 6.42 Å². The number of aliphatic hydroxyl groups excluding tert-OH is 1. The number of aliphatic hydroxyl groups is 1. The van der Waals surface area contributed by atoms with Gasteiger partial charge >= 0.3 is 0 Å². The predicted octanol–water partition coefficient (Wildman–Crippen LogP) is 2.78. The van der Waals surface area contributed by atoms with E-state index in [1.807, 2.05) is 11.8 Å². The lowest BCUT2D eigenvalue weighted by molar-refractivity contribution is 0.188. The maximum atomic E-state index is 13.7. The molecular formula is C15H22BrFIN3O. The molecule has 0 aliphatic carbocycles. The minimum Gasteiger partial charge on any atom is -0.391 e. The van der Waals surface area contributed by atoms with Gasteiger partial charge in [0.2, 0.25) is 0 Å². The van der Waals surface area contributed by atoms with Crippen LogP contribution in [0, 0.1) is 5.82 Å². The van der Waals surface area contributed by atoms with Crippen molar-refractivity contribution < 1.29 is 9.50 Å². The second-order valence-electron chi connectivity index (χ2n) is 5.11. The predicted molar refractivity (Wildman–Crippen MR) is 101 cm³/mol. The molecule has 1 atom stereocenters. The molecule has 1 heterocycles. The number of nitrogens with one attached hydrogen (secondary N) is 1. The number of β-amino-alcohol motifs (C(OH)–C–C–N with tert-alkyl or cyclic N) is 1. The van der Waals surface area contributed by atoms with Crippen LogP contribution in [0.25, 0.3) is 0 Å². The third-order valence-electron chi connectivity index (χ3n) is 3.45. The molecule has 22 heavy (non-hydrogen) atoms. The van der Waals surface area contributed by atoms with Gasteiger partial charge in [-0.1, -0.05) is 15.9 Å². The highest BCUT2D eigenvalue weighted by Gasteiger charge is 2.22. The molecule has 1 aromatic rings. The molecule has 0 aromatic heterocycles. The average Bonchev–Trinajstić information content (AvgIpc) is 2.88. The molecule has 2 rings (SSSR count). The largest absolute Gasteiger partial charge is 0.391 e. The first kappa shape index (κ1) is 19.6. The summed E-state index contributed by atoms with van der Waals surface area (Å²) in [5.41, 5.74) is 0.658. The van der Waals surface area contributed by atoms with Gasteiger partial charge < -0.3 is 15.3 Å². The molecule has 0 saturated carbocycles. The van der Waals surface area contributed by atoms with Gasteiger partial charge in [-0.15, -0.1) is 24.0 Å². The summed E-state index contributed by atoms with van der Waals surface area (Å²) in [6, 6.07) is 4.94. The Hall–Kier alpha value is -0.410. The van der Waals surface area contributed by atoms with Crippen molar-refractivity contribution in [2.24, 2.45) is 4.99 Å². The molecular weight excluding hydrogens is 464 g/mol. The molecule has 1 aliphatic heterocycles. The van der Waals surface area contributed by atoms with E-state index in [9.17, 15) is 9.50 Å². The maximum Gasteiger partial charge on any atom is 0.194 e. The Morgan fingerprint density at radius 1 is 1.55 bits per heavy atom. The van der Waals surface area contributed by atoms with Crippen LogP contribution in [0.1, 0.15) is 18.9 Å². The third-order valence-corrected chi connectivity index (χ3v) is 3.94. The number of halogens is 3. The Kier molecular flexibility index (Phi) is 8.63. The van der Waals surface area contributed by atoms with E-state index >= 15 is 0 Å². The highest BCUT2D eigenvalue weighted by molar-refractivity contribution is 14.0. The van der Waals surface area contributed by atoms with Crippen LogP contribution in [0.3, 0.4) is 0 Å². The summed E-state index contributed by atoms with van der Waals surface area (Å²) in [6.07, 6.45) is 1.04. The zero-order valence-corrected chi connectivity index (χ0v) is 16.5. The van der Waals surface area contributed by atoms with E-state index in [2.05, 4.69) is 26.2 Å². The van der Waals surface area contributed by atoms with E-state index < -0.39 is 0 Å². The molecule has 0 bridgehead atoms. The first-order chi connectivity index (χ1) is 10.1. The van der Waals surface area contributed by atoms with E-state index in [1.165, 1.54) is 6.07 Å². The Balaban J connectivity index is 0.00000242. The molecule has 2 N–H and O–H groups in total. The quantitative estimate of drug-likeness (QED) is 0.391. The van der Waals surface area contributed by atoms with Gasteiger partial charge in [-0.05, 0) is 43.5 Å². The zero-order valence-electron chi connectivity index (χ0n) is 12.6. The summed E-state index contributed by atoms with van der Waals surface area (Å²) in [5, 5.41) is 12.8. The number of aliphatic imine (C=N–C) groups is 1. The Morgan fingerprint density at radius 2 is 2.32 bits per heavy atom. The van der Waals surface area contributed by atoms with Crippen molar-refractivity contribution in [3.63, 3.8) is 0 Å². The van der Waals surface area contributed by atoms with Crippen molar-refractivity contribution in [2.45, 2.75) is 25.9 Å². The van der Waals surface area contributed by atoms with Gasteiger partial charge in [0.25, 0.3) is 0 Å². The highest BCUT2D eigenvalue weighted by atomic mass is 127. The summed E-state index contributed by atoms with van der Waals surface area (Å²) in [5.74, 6) is 0.597. The molecule has 1 aromatic carbocycles. The van der Waals surface area contributed by atoms with E-state index in [-0.39, 0.29) is 35.9 Å². The van der Waals surface area contributed by atoms with Crippen molar-refractivity contribution >= 4 is 45.9 Å². The summed E-state index contributed by atoms with van der Waals surface area (Å²) in [4.78, 5) is 6.58. The molecule has 0 radical (unpaired) electrons. The van der Waals surface area contributed by atoms with Gasteiger partial charge in [0, 0.05) is 30.7 Å². The molecule has 1 aliphatic rings. The molecule has 0 amide bonds. The fraction of sp³-hybridized carbons (Fsp3) is 0.533. The number of nitrogens with zero attached hydrogens (tertiary/aromatic N) is 2. The zero-order chi connectivity index (χ0) is 15.2. The van der Waals surface area contributed by atoms with Crippen LogP contribution in [0.5, 0.6) is 0 Å². The van der Waals surface area contributed by atoms with Crippen molar-refractivity contribution in [1.82, 2.24) is 10.2 Å². The molecule has 0 unspecified atom stereocenters. The fourth-order valence-electron chi connectivity index (χ4n) is 2.38. The Bertz CT molecular complexity index is 516. The van der Waals surface area contributed by atoms with Gasteiger partial charge in [-0.3, -0.25) is 4.99 Å². The summed E-state index contributed by atoms with van der Waals surface area (Å²) in [6.45, 7) is 4.71. The topological polar surface area (TPSA) is 47.9 Å². The van der Waals surface area contributed by atoms with Crippen LogP contribution in [0.15, 0.2) is 27.7 Å². The molecule has 1 fully saturated rings. The Labute approximate surface area is 156 Å². The van der Waals surface area contributed by atoms with E-state index in [4.69, 9.17) is 0 Å². The number of likely N-dealkylation sites (tertiary alicyclic amines) is 1. The number of hydrogen-bond donors (Lipinski definition) is 2. The van der Waals surface area contributed by atoms with Crippen LogP contribution < -0.4 is 5.32 Å². The van der Waals surface area contributed by atoms with Crippen molar-refractivity contribution in [2.75, 3.05) is 26.2 Å². The van der Waals surface area contributed by atoms with Crippen molar-refractivity contribution in [3.8, 4) is 0 Å². The van der Waals surface area contributed by atoms with Crippen molar-refractivity contribution in [1.29, 1.82) is 0 Å². The number of rotatable bonds is 4. The van der Waals surface area contributed by atoms with Crippen LogP contribution in [0.4, 0.5) is 4.39 Å². The lowest BCUT2D eigenvalue weighted by atomic mass is 10.1.